The molecule has 14 heavy (non-hydrogen) atoms. The monoisotopic (exact) mass is 211 g/mol. The molecule has 0 aromatic carbocycles. The molecule has 1 saturated heterocycles. The van der Waals surface area contributed by atoms with E-state index in [1.807, 2.05) is 6.20 Å². The minimum atomic E-state index is 0.439. The van der Waals surface area contributed by atoms with Crippen LogP contribution in [0.1, 0.15) is 25.0 Å². The van der Waals surface area contributed by atoms with Gasteiger partial charge in [-0.3, -0.25) is 4.98 Å². The van der Waals surface area contributed by atoms with E-state index in [1.54, 1.807) is 6.20 Å². The van der Waals surface area contributed by atoms with Crippen molar-refractivity contribution in [3.8, 4) is 0 Å². The molecule has 1 aromatic rings. The molecule has 0 radical (unpaired) electrons. The SMILES string of the molecule is ClCc1cncc(N2CCCCC2)n1. The van der Waals surface area contributed by atoms with E-state index in [0.29, 0.717) is 5.88 Å². The van der Waals surface area contributed by atoms with E-state index in [4.69, 9.17) is 11.6 Å². The van der Waals surface area contributed by atoms with E-state index in [-0.39, 0.29) is 0 Å². The smallest absolute Gasteiger partial charge is 0.147 e. The van der Waals surface area contributed by atoms with E-state index in [1.165, 1.54) is 19.3 Å². The molecule has 1 aliphatic heterocycles. The third-order valence-electron chi connectivity index (χ3n) is 2.49. The van der Waals surface area contributed by atoms with Gasteiger partial charge in [0.15, 0.2) is 0 Å². The Morgan fingerprint density at radius 2 is 2.00 bits per heavy atom. The lowest BCUT2D eigenvalue weighted by Crippen LogP contribution is -2.30. The van der Waals surface area contributed by atoms with Gasteiger partial charge in [-0.1, -0.05) is 0 Å². The topological polar surface area (TPSA) is 29.0 Å². The van der Waals surface area contributed by atoms with Crippen LogP contribution in [0.3, 0.4) is 0 Å². The highest BCUT2D eigenvalue weighted by atomic mass is 35.5. The number of rotatable bonds is 2. The average molecular weight is 212 g/mol. The first-order valence-electron chi connectivity index (χ1n) is 5.02. The molecule has 4 heteroatoms. The largest absolute Gasteiger partial charge is 0.355 e. The maximum Gasteiger partial charge on any atom is 0.147 e. The highest BCUT2D eigenvalue weighted by Gasteiger charge is 2.12. The fraction of sp³-hybridized carbons (Fsp3) is 0.600. The summed E-state index contributed by atoms with van der Waals surface area (Å²) in [6.07, 6.45) is 7.39. The summed E-state index contributed by atoms with van der Waals surface area (Å²) >= 11 is 5.72. The van der Waals surface area contributed by atoms with Gasteiger partial charge in [0, 0.05) is 19.3 Å². The molecule has 1 aliphatic rings. The Morgan fingerprint density at radius 1 is 1.21 bits per heavy atom. The zero-order valence-electron chi connectivity index (χ0n) is 8.12. The molecule has 1 fully saturated rings. The summed E-state index contributed by atoms with van der Waals surface area (Å²) in [5, 5.41) is 0. The van der Waals surface area contributed by atoms with E-state index in [9.17, 15) is 0 Å². The van der Waals surface area contributed by atoms with Crippen LogP contribution >= 0.6 is 11.6 Å². The number of halogens is 1. The normalized spacial score (nSPS) is 17.1. The molecule has 0 atom stereocenters. The molecule has 0 N–H and O–H groups in total. The van der Waals surface area contributed by atoms with E-state index in [0.717, 1.165) is 24.6 Å². The first-order chi connectivity index (χ1) is 6.90. The quantitative estimate of drug-likeness (QED) is 0.703. The van der Waals surface area contributed by atoms with Crippen LogP contribution in [0.4, 0.5) is 5.82 Å². The third-order valence-corrected chi connectivity index (χ3v) is 2.76. The van der Waals surface area contributed by atoms with Gasteiger partial charge in [-0.2, -0.15) is 0 Å². The van der Waals surface area contributed by atoms with Crippen LogP contribution in [0, 0.1) is 0 Å². The van der Waals surface area contributed by atoms with Crippen LogP contribution in [-0.2, 0) is 5.88 Å². The Hall–Kier alpha value is -0.830. The van der Waals surface area contributed by atoms with Crippen molar-refractivity contribution in [3.63, 3.8) is 0 Å². The summed E-state index contributed by atoms with van der Waals surface area (Å²) in [7, 11) is 0. The van der Waals surface area contributed by atoms with Crippen molar-refractivity contribution in [2.24, 2.45) is 0 Å². The van der Waals surface area contributed by atoms with Crippen LogP contribution in [0.25, 0.3) is 0 Å². The number of anilines is 1. The molecule has 0 bridgehead atoms. The van der Waals surface area contributed by atoms with Crippen molar-refractivity contribution in [2.75, 3.05) is 18.0 Å². The molecule has 2 rings (SSSR count). The van der Waals surface area contributed by atoms with Gasteiger partial charge in [-0.05, 0) is 19.3 Å². The summed E-state index contributed by atoms with van der Waals surface area (Å²) in [5.74, 6) is 1.41. The second kappa shape index (κ2) is 4.60. The summed E-state index contributed by atoms with van der Waals surface area (Å²) in [6, 6.07) is 0. The number of nitrogens with zero attached hydrogens (tertiary/aromatic N) is 3. The van der Waals surface area contributed by atoms with Gasteiger partial charge in [-0.15, -0.1) is 11.6 Å². The Morgan fingerprint density at radius 3 is 2.71 bits per heavy atom. The molecular weight excluding hydrogens is 198 g/mol. The van der Waals surface area contributed by atoms with Crippen LogP contribution in [0.5, 0.6) is 0 Å². The van der Waals surface area contributed by atoms with Crippen LogP contribution in [0.15, 0.2) is 12.4 Å². The number of alkyl halides is 1. The molecule has 0 unspecified atom stereocenters. The van der Waals surface area contributed by atoms with Gasteiger partial charge in [0.05, 0.1) is 17.8 Å². The molecular formula is C10H14ClN3. The van der Waals surface area contributed by atoms with Gasteiger partial charge in [0.2, 0.25) is 0 Å². The van der Waals surface area contributed by atoms with E-state index >= 15 is 0 Å². The highest BCUT2D eigenvalue weighted by molar-refractivity contribution is 6.16. The molecule has 0 saturated carbocycles. The van der Waals surface area contributed by atoms with Crippen molar-refractivity contribution in [1.29, 1.82) is 0 Å². The van der Waals surface area contributed by atoms with Crippen molar-refractivity contribution in [1.82, 2.24) is 9.97 Å². The number of hydrogen-bond acceptors (Lipinski definition) is 3. The highest BCUT2D eigenvalue weighted by Crippen LogP contribution is 2.16. The zero-order valence-corrected chi connectivity index (χ0v) is 8.87. The molecule has 1 aromatic heterocycles. The fourth-order valence-electron chi connectivity index (χ4n) is 1.73. The summed E-state index contributed by atoms with van der Waals surface area (Å²) in [5.41, 5.74) is 0.856. The van der Waals surface area contributed by atoms with Crippen LogP contribution in [0.2, 0.25) is 0 Å². The molecule has 0 spiro atoms. The molecule has 2 heterocycles. The number of piperidine rings is 1. The zero-order chi connectivity index (χ0) is 9.80. The molecule has 76 valence electrons. The standard InChI is InChI=1S/C10H14ClN3/c11-6-9-7-12-8-10(13-9)14-4-2-1-3-5-14/h7-8H,1-6H2. The van der Waals surface area contributed by atoms with E-state index in [2.05, 4.69) is 14.9 Å². The first-order valence-corrected chi connectivity index (χ1v) is 5.55. The number of aromatic nitrogens is 2. The Balaban J connectivity index is 2.13. The Kier molecular flexibility index (Phi) is 3.19. The predicted molar refractivity (Wildman–Crippen MR) is 57.7 cm³/mol. The van der Waals surface area contributed by atoms with Crippen molar-refractivity contribution < 1.29 is 0 Å². The Labute approximate surface area is 89.1 Å². The average Bonchev–Trinajstić information content (AvgIpc) is 2.30. The number of hydrogen-bond donors (Lipinski definition) is 0. The summed E-state index contributed by atoms with van der Waals surface area (Å²) < 4.78 is 0. The fourth-order valence-corrected chi connectivity index (χ4v) is 1.86. The van der Waals surface area contributed by atoms with Crippen molar-refractivity contribution in [2.45, 2.75) is 25.1 Å². The minimum absolute atomic E-state index is 0.439. The maximum absolute atomic E-state index is 5.72. The van der Waals surface area contributed by atoms with Crippen LogP contribution < -0.4 is 4.90 Å². The van der Waals surface area contributed by atoms with Crippen LogP contribution in [-0.4, -0.2) is 23.1 Å². The van der Waals surface area contributed by atoms with Gasteiger partial charge in [0.1, 0.15) is 5.82 Å². The lowest BCUT2D eigenvalue weighted by molar-refractivity contribution is 0.572. The lowest BCUT2D eigenvalue weighted by atomic mass is 10.1. The predicted octanol–water partition coefficient (Wildman–Crippen LogP) is 2.21. The second-order valence-electron chi connectivity index (χ2n) is 3.55. The van der Waals surface area contributed by atoms with Gasteiger partial charge in [-0.25, -0.2) is 4.98 Å². The lowest BCUT2D eigenvalue weighted by Gasteiger charge is -2.27. The van der Waals surface area contributed by atoms with Crippen molar-refractivity contribution >= 4 is 17.4 Å². The third kappa shape index (κ3) is 2.15. The van der Waals surface area contributed by atoms with Gasteiger partial charge >= 0.3 is 0 Å². The van der Waals surface area contributed by atoms with Crippen molar-refractivity contribution in [3.05, 3.63) is 18.1 Å². The van der Waals surface area contributed by atoms with E-state index < -0.39 is 0 Å². The minimum Gasteiger partial charge on any atom is -0.355 e. The first kappa shape index (κ1) is 9.71. The Bertz CT molecular complexity index is 297. The van der Waals surface area contributed by atoms with Gasteiger partial charge in [0.25, 0.3) is 0 Å². The molecule has 0 aliphatic carbocycles. The molecule has 3 nitrogen and oxygen atoms in total. The summed E-state index contributed by atoms with van der Waals surface area (Å²) in [4.78, 5) is 10.9. The second-order valence-corrected chi connectivity index (χ2v) is 3.82. The van der Waals surface area contributed by atoms with Gasteiger partial charge < -0.3 is 4.90 Å². The summed E-state index contributed by atoms with van der Waals surface area (Å²) in [6.45, 7) is 2.20. The molecule has 0 amide bonds. The maximum atomic E-state index is 5.72.